The second kappa shape index (κ2) is 4.45. The summed E-state index contributed by atoms with van der Waals surface area (Å²) in [7, 11) is 0. The quantitative estimate of drug-likeness (QED) is 0.609. The lowest BCUT2D eigenvalue weighted by Crippen LogP contribution is -1.78. The zero-order valence-corrected chi connectivity index (χ0v) is 7.16. The van der Waals surface area contributed by atoms with Gasteiger partial charge in [-0.2, -0.15) is 0 Å². The zero-order valence-electron chi connectivity index (χ0n) is 6.34. The summed E-state index contributed by atoms with van der Waals surface area (Å²) < 4.78 is 4.04. The van der Waals surface area contributed by atoms with Gasteiger partial charge in [-0.1, -0.05) is 19.8 Å². The molecular weight excluding hydrogens is 142 g/mol. The third-order valence-corrected chi connectivity index (χ3v) is 2.32. The molecule has 0 atom stereocenters. The monoisotopic (exact) mass is 155 g/mol. The van der Waals surface area contributed by atoms with Crippen LogP contribution in [0.2, 0.25) is 0 Å². The molecule has 0 saturated heterocycles. The first-order valence-electron chi connectivity index (χ1n) is 3.83. The summed E-state index contributed by atoms with van der Waals surface area (Å²) in [5.74, 6) is 0. The van der Waals surface area contributed by atoms with E-state index < -0.39 is 0 Å². The molecule has 0 N–H and O–H groups in total. The van der Waals surface area contributed by atoms with Gasteiger partial charge in [0.15, 0.2) is 0 Å². The number of aryl methyl sites for hydroxylation is 1. The van der Waals surface area contributed by atoms with Gasteiger partial charge in [-0.15, -0.1) is 0 Å². The van der Waals surface area contributed by atoms with Gasteiger partial charge < -0.3 is 0 Å². The van der Waals surface area contributed by atoms with Gasteiger partial charge in [-0.25, -0.2) is 4.37 Å². The van der Waals surface area contributed by atoms with Crippen LogP contribution in [0.3, 0.4) is 0 Å². The van der Waals surface area contributed by atoms with Gasteiger partial charge in [-0.05, 0) is 30.4 Å². The number of hydrogen-bond acceptors (Lipinski definition) is 2. The van der Waals surface area contributed by atoms with Gasteiger partial charge in [0.05, 0.1) is 0 Å². The molecule has 10 heavy (non-hydrogen) atoms. The van der Waals surface area contributed by atoms with Gasteiger partial charge in [0.1, 0.15) is 0 Å². The Morgan fingerprint density at radius 2 is 2.40 bits per heavy atom. The number of nitrogens with zero attached hydrogens (tertiary/aromatic N) is 1. The van der Waals surface area contributed by atoms with Crippen LogP contribution in [0.1, 0.15) is 31.1 Å². The Bertz CT molecular complexity index is 158. The fourth-order valence-corrected chi connectivity index (χ4v) is 1.53. The highest BCUT2D eigenvalue weighted by molar-refractivity contribution is 7.05. The summed E-state index contributed by atoms with van der Waals surface area (Å²) in [5, 5.41) is 0. The van der Waals surface area contributed by atoms with Crippen LogP contribution in [0.25, 0.3) is 0 Å². The summed E-state index contributed by atoms with van der Waals surface area (Å²) >= 11 is 1.62. The molecule has 1 nitrogen and oxygen atoms in total. The van der Waals surface area contributed by atoms with Gasteiger partial charge in [-0.3, -0.25) is 0 Å². The van der Waals surface area contributed by atoms with Crippen LogP contribution >= 0.6 is 11.5 Å². The molecule has 1 aromatic rings. The van der Waals surface area contributed by atoms with E-state index in [0.29, 0.717) is 0 Å². The van der Waals surface area contributed by atoms with Crippen LogP contribution in [0.5, 0.6) is 0 Å². The fourth-order valence-electron chi connectivity index (χ4n) is 0.920. The van der Waals surface area contributed by atoms with Gasteiger partial charge in [0.25, 0.3) is 0 Å². The minimum atomic E-state index is 1.22. The van der Waals surface area contributed by atoms with E-state index in [9.17, 15) is 0 Å². The highest BCUT2D eigenvalue weighted by Gasteiger charge is 1.92. The fraction of sp³-hybridized carbons (Fsp3) is 0.625. The second-order valence-corrected chi connectivity index (χ2v) is 3.35. The molecule has 0 saturated carbocycles. The topological polar surface area (TPSA) is 12.9 Å². The summed E-state index contributed by atoms with van der Waals surface area (Å²) in [4.78, 5) is 1.42. The van der Waals surface area contributed by atoms with E-state index >= 15 is 0 Å². The second-order valence-electron chi connectivity index (χ2n) is 2.44. The molecular formula is C8H13NS. The average Bonchev–Trinajstić information content (AvgIpc) is 2.41. The lowest BCUT2D eigenvalue weighted by Gasteiger charge is -1.92. The molecule has 0 radical (unpaired) electrons. The van der Waals surface area contributed by atoms with Crippen molar-refractivity contribution in [1.29, 1.82) is 0 Å². The van der Waals surface area contributed by atoms with Crippen LogP contribution in [0, 0.1) is 0 Å². The Balaban J connectivity index is 2.15. The van der Waals surface area contributed by atoms with E-state index in [4.69, 9.17) is 0 Å². The molecule has 2 heteroatoms. The van der Waals surface area contributed by atoms with Crippen LogP contribution in [-0.4, -0.2) is 4.37 Å². The molecule has 1 heterocycles. The lowest BCUT2D eigenvalue weighted by molar-refractivity contribution is 0.722. The summed E-state index contributed by atoms with van der Waals surface area (Å²) in [5.41, 5.74) is 0. The molecule has 0 bridgehead atoms. The molecule has 0 fully saturated rings. The van der Waals surface area contributed by atoms with Crippen molar-refractivity contribution in [2.75, 3.05) is 0 Å². The summed E-state index contributed by atoms with van der Waals surface area (Å²) in [6.07, 6.45) is 7.07. The Morgan fingerprint density at radius 3 is 3.00 bits per heavy atom. The summed E-state index contributed by atoms with van der Waals surface area (Å²) in [6.45, 7) is 2.23. The van der Waals surface area contributed by atoms with E-state index in [1.807, 2.05) is 6.20 Å². The van der Waals surface area contributed by atoms with Crippen molar-refractivity contribution in [3.8, 4) is 0 Å². The van der Waals surface area contributed by atoms with Gasteiger partial charge >= 0.3 is 0 Å². The van der Waals surface area contributed by atoms with Crippen molar-refractivity contribution in [3.63, 3.8) is 0 Å². The SMILES string of the molecule is CCCCCc1ccns1. The number of unbranched alkanes of at least 4 members (excludes halogenated alkanes) is 2. The maximum atomic E-state index is 4.04. The first kappa shape index (κ1) is 7.73. The van der Waals surface area contributed by atoms with E-state index in [2.05, 4.69) is 17.4 Å². The largest absolute Gasteiger partial charge is 0.201 e. The highest BCUT2D eigenvalue weighted by atomic mass is 32.1. The minimum absolute atomic E-state index is 1.22. The normalized spacial score (nSPS) is 10.1. The Labute approximate surface area is 66.3 Å². The van der Waals surface area contributed by atoms with Crippen molar-refractivity contribution >= 4 is 11.5 Å². The smallest absolute Gasteiger partial charge is 0.0409 e. The first-order chi connectivity index (χ1) is 4.93. The molecule has 0 amide bonds. The first-order valence-corrected chi connectivity index (χ1v) is 4.60. The Hall–Kier alpha value is -0.370. The Morgan fingerprint density at radius 1 is 1.50 bits per heavy atom. The standard InChI is InChI=1S/C8H13NS/c1-2-3-4-5-8-6-7-9-10-8/h6-7H,2-5H2,1H3. The number of aromatic nitrogens is 1. The molecule has 0 aliphatic rings. The van der Waals surface area contributed by atoms with E-state index in [1.54, 1.807) is 11.5 Å². The third-order valence-electron chi connectivity index (χ3n) is 1.52. The van der Waals surface area contributed by atoms with Crippen LogP contribution < -0.4 is 0 Å². The number of rotatable bonds is 4. The number of hydrogen-bond donors (Lipinski definition) is 0. The van der Waals surface area contributed by atoms with Crippen LogP contribution in [0.4, 0.5) is 0 Å². The van der Waals surface area contributed by atoms with Crippen molar-refractivity contribution in [2.24, 2.45) is 0 Å². The van der Waals surface area contributed by atoms with Crippen molar-refractivity contribution < 1.29 is 0 Å². The zero-order chi connectivity index (χ0) is 7.23. The molecule has 0 unspecified atom stereocenters. The molecule has 1 rings (SSSR count). The average molecular weight is 155 g/mol. The molecule has 0 aliphatic carbocycles. The Kier molecular flexibility index (Phi) is 3.44. The maximum Gasteiger partial charge on any atom is 0.0409 e. The third kappa shape index (κ3) is 2.48. The van der Waals surface area contributed by atoms with Gasteiger partial charge in [0.2, 0.25) is 0 Å². The van der Waals surface area contributed by atoms with Crippen LogP contribution in [-0.2, 0) is 6.42 Å². The summed E-state index contributed by atoms with van der Waals surface area (Å²) in [6, 6.07) is 2.11. The van der Waals surface area contributed by atoms with E-state index in [0.717, 1.165) is 0 Å². The highest BCUT2D eigenvalue weighted by Crippen LogP contribution is 2.09. The van der Waals surface area contributed by atoms with Crippen LogP contribution in [0.15, 0.2) is 12.3 Å². The van der Waals surface area contributed by atoms with E-state index in [1.165, 1.54) is 30.6 Å². The molecule has 0 aliphatic heterocycles. The lowest BCUT2D eigenvalue weighted by atomic mass is 10.2. The van der Waals surface area contributed by atoms with Crippen molar-refractivity contribution in [1.82, 2.24) is 4.37 Å². The minimum Gasteiger partial charge on any atom is -0.201 e. The molecule has 0 spiro atoms. The van der Waals surface area contributed by atoms with Crippen molar-refractivity contribution in [2.45, 2.75) is 32.6 Å². The predicted molar refractivity (Wildman–Crippen MR) is 45.3 cm³/mol. The maximum absolute atomic E-state index is 4.04. The predicted octanol–water partition coefficient (Wildman–Crippen LogP) is 2.88. The molecule has 1 aromatic heterocycles. The molecule has 0 aromatic carbocycles. The van der Waals surface area contributed by atoms with Crippen molar-refractivity contribution in [3.05, 3.63) is 17.1 Å². The van der Waals surface area contributed by atoms with Gasteiger partial charge in [0, 0.05) is 11.1 Å². The van der Waals surface area contributed by atoms with E-state index in [-0.39, 0.29) is 0 Å². The molecule has 56 valence electrons.